The van der Waals surface area contributed by atoms with Crippen LogP contribution in [0, 0.1) is 5.92 Å². The number of aromatic nitrogens is 1. The third kappa shape index (κ3) is 6.78. The number of nitrogens with zero attached hydrogens (tertiary/aromatic N) is 3. The fraction of sp³-hybridized carbons (Fsp3) is 0.606. The molecule has 4 aliphatic rings. The molecule has 2 saturated heterocycles. The number of ether oxygens (including phenoxy) is 1. The Morgan fingerprint density at radius 3 is 2.38 bits per heavy atom. The van der Waals surface area contributed by atoms with Crippen LogP contribution in [-0.2, 0) is 31.6 Å². The maximum Gasteiger partial charge on any atom is 0.494 e. The Bertz CT molecular complexity index is 1470. The van der Waals surface area contributed by atoms with Gasteiger partial charge in [0.2, 0.25) is 0 Å². The number of halogens is 3. The lowest BCUT2D eigenvalue weighted by Gasteiger charge is -2.39. The van der Waals surface area contributed by atoms with E-state index < -0.39 is 30.2 Å². The standard InChI is InChI=1S/C33H42BF3N4O4/c1-19-16-21(30(42)40-29(38)25-12-13-27(33(35,36)37)39-28(25)20-6-7-20)14-15-41(19)26-17-23(9-8-22(26)18-43-24-10-11-24)34-44-31(2,3)32(4,5)45-34/h8-9,12-13,17,19-21,24H,6-7,10-11,14-16,18H2,1-5H3,(H2,38,40,42). The van der Waals surface area contributed by atoms with E-state index in [-0.39, 0.29) is 35.3 Å². The van der Waals surface area contributed by atoms with Gasteiger partial charge >= 0.3 is 13.3 Å². The van der Waals surface area contributed by atoms with Crippen molar-refractivity contribution in [1.29, 1.82) is 0 Å². The van der Waals surface area contributed by atoms with Gasteiger partial charge in [0.05, 0.1) is 29.6 Å². The van der Waals surface area contributed by atoms with Crippen LogP contribution in [0.4, 0.5) is 18.9 Å². The number of amides is 1. The molecule has 0 radical (unpaired) electrons. The Morgan fingerprint density at radius 2 is 1.78 bits per heavy atom. The van der Waals surface area contributed by atoms with E-state index in [2.05, 4.69) is 33.9 Å². The number of anilines is 1. The molecule has 2 N–H and O–H groups in total. The maximum atomic E-state index is 13.4. The summed E-state index contributed by atoms with van der Waals surface area (Å²) in [7, 11) is -0.501. The average Bonchev–Trinajstić information content (AvgIpc) is 3.89. The first-order valence-electron chi connectivity index (χ1n) is 16.0. The van der Waals surface area contributed by atoms with Gasteiger partial charge in [0.15, 0.2) is 0 Å². The van der Waals surface area contributed by atoms with E-state index in [9.17, 15) is 18.0 Å². The van der Waals surface area contributed by atoms with Gasteiger partial charge in [-0.05, 0) is 96.8 Å². The minimum atomic E-state index is -4.55. The summed E-state index contributed by atoms with van der Waals surface area (Å²) in [6, 6.07) is 8.45. The zero-order chi connectivity index (χ0) is 32.3. The Morgan fingerprint density at radius 1 is 1.09 bits per heavy atom. The van der Waals surface area contributed by atoms with E-state index >= 15 is 0 Å². The highest BCUT2D eigenvalue weighted by Gasteiger charge is 2.52. The molecule has 2 aliphatic carbocycles. The SMILES string of the molecule is CC1CC(C(=O)N=C(N)c2ccc(C(F)(F)F)nc2C2CC2)CCN1c1cc(B2OC(C)(C)C(C)(C)O2)ccc1COC1CC1. The van der Waals surface area contributed by atoms with Crippen molar-refractivity contribution in [1.82, 2.24) is 4.98 Å². The van der Waals surface area contributed by atoms with E-state index in [0.717, 1.165) is 48.5 Å². The Balaban J connectivity index is 1.19. The van der Waals surface area contributed by atoms with Gasteiger partial charge in [-0.1, -0.05) is 12.1 Å². The zero-order valence-electron chi connectivity index (χ0n) is 26.6. The number of carbonyl (C=O) groups excluding carboxylic acids is 1. The van der Waals surface area contributed by atoms with Crippen molar-refractivity contribution < 1.29 is 32.0 Å². The van der Waals surface area contributed by atoms with Crippen molar-refractivity contribution in [2.24, 2.45) is 16.6 Å². The molecule has 3 heterocycles. The van der Waals surface area contributed by atoms with Crippen LogP contribution < -0.4 is 16.1 Å². The lowest BCUT2D eigenvalue weighted by Crippen LogP contribution is -2.44. The van der Waals surface area contributed by atoms with Gasteiger partial charge in [-0.25, -0.2) is 4.98 Å². The summed E-state index contributed by atoms with van der Waals surface area (Å²) >= 11 is 0. The second-order valence-electron chi connectivity index (χ2n) is 14.0. The molecule has 2 unspecified atom stereocenters. The second-order valence-corrected chi connectivity index (χ2v) is 14.0. The van der Waals surface area contributed by atoms with Crippen LogP contribution in [0.2, 0.25) is 0 Å². The number of piperidine rings is 1. The van der Waals surface area contributed by atoms with Crippen molar-refractivity contribution in [3.8, 4) is 0 Å². The van der Waals surface area contributed by atoms with Gasteiger partial charge in [-0.3, -0.25) is 4.79 Å². The van der Waals surface area contributed by atoms with E-state index in [1.807, 2.05) is 33.8 Å². The zero-order valence-corrected chi connectivity index (χ0v) is 26.6. The molecule has 2 saturated carbocycles. The van der Waals surface area contributed by atoms with Gasteiger partial charge in [0.25, 0.3) is 5.91 Å². The van der Waals surface area contributed by atoms with Crippen LogP contribution in [0.3, 0.4) is 0 Å². The number of rotatable bonds is 8. The highest BCUT2D eigenvalue weighted by molar-refractivity contribution is 6.62. The van der Waals surface area contributed by atoms with Gasteiger partial charge in [0, 0.05) is 41.2 Å². The minimum absolute atomic E-state index is 0.00658. The van der Waals surface area contributed by atoms with E-state index in [4.69, 9.17) is 19.8 Å². The van der Waals surface area contributed by atoms with Crippen LogP contribution >= 0.6 is 0 Å². The summed E-state index contributed by atoms with van der Waals surface area (Å²) in [5.74, 6) is -0.892. The molecule has 2 atom stereocenters. The molecule has 1 aromatic heterocycles. The summed E-state index contributed by atoms with van der Waals surface area (Å²) in [4.78, 5) is 23.7. The number of carbonyl (C=O) groups is 1. The van der Waals surface area contributed by atoms with Crippen LogP contribution in [0.5, 0.6) is 0 Å². The number of pyridine rings is 1. The molecule has 4 fully saturated rings. The number of hydrogen-bond acceptors (Lipinski definition) is 6. The first kappa shape index (κ1) is 32.0. The highest BCUT2D eigenvalue weighted by Crippen LogP contribution is 2.42. The number of hydrogen-bond donors (Lipinski definition) is 1. The molecule has 6 rings (SSSR count). The van der Waals surface area contributed by atoms with Gasteiger partial charge in [0.1, 0.15) is 11.5 Å². The predicted molar refractivity (Wildman–Crippen MR) is 166 cm³/mol. The van der Waals surface area contributed by atoms with Crippen molar-refractivity contribution in [2.75, 3.05) is 11.4 Å². The normalized spacial score (nSPS) is 25.1. The fourth-order valence-corrected chi connectivity index (χ4v) is 6.08. The van der Waals surface area contributed by atoms with Crippen molar-refractivity contribution in [2.45, 2.75) is 115 Å². The van der Waals surface area contributed by atoms with Crippen molar-refractivity contribution in [3.63, 3.8) is 0 Å². The van der Waals surface area contributed by atoms with Gasteiger partial charge in [-0.2, -0.15) is 18.2 Å². The third-order valence-electron chi connectivity index (χ3n) is 9.85. The second kappa shape index (κ2) is 11.7. The monoisotopic (exact) mass is 626 g/mol. The summed E-state index contributed by atoms with van der Waals surface area (Å²) < 4.78 is 58.7. The maximum absolute atomic E-state index is 13.4. The summed E-state index contributed by atoms with van der Waals surface area (Å²) in [6.45, 7) is 11.3. The number of amidine groups is 1. The van der Waals surface area contributed by atoms with Gasteiger partial charge < -0.3 is 24.7 Å². The van der Waals surface area contributed by atoms with Crippen LogP contribution in [0.25, 0.3) is 0 Å². The molecule has 1 aromatic carbocycles. The van der Waals surface area contributed by atoms with Crippen molar-refractivity contribution in [3.05, 3.63) is 52.8 Å². The molecule has 8 nitrogen and oxygen atoms in total. The molecule has 0 spiro atoms. The molecule has 45 heavy (non-hydrogen) atoms. The molecule has 0 bridgehead atoms. The molecule has 1 amide bonds. The van der Waals surface area contributed by atoms with E-state index in [1.54, 1.807) is 0 Å². The Hall–Kier alpha value is -2.96. The number of nitrogens with two attached hydrogens (primary N) is 1. The highest BCUT2D eigenvalue weighted by atomic mass is 19.4. The lowest BCUT2D eigenvalue weighted by atomic mass is 9.78. The van der Waals surface area contributed by atoms with Gasteiger partial charge in [-0.15, -0.1) is 0 Å². The first-order valence-corrected chi connectivity index (χ1v) is 16.0. The first-order chi connectivity index (χ1) is 21.1. The quantitative estimate of drug-likeness (QED) is 0.235. The molecule has 242 valence electrons. The summed E-state index contributed by atoms with van der Waals surface area (Å²) in [5.41, 5.74) is 7.97. The smallest absolute Gasteiger partial charge is 0.399 e. The van der Waals surface area contributed by atoms with Crippen molar-refractivity contribution >= 4 is 30.0 Å². The number of aliphatic imine (C=N–C) groups is 1. The van der Waals surface area contributed by atoms with Crippen LogP contribution in [-0.4, -0.2) is 53.7 Å². The van der Waals surface area contributed by atoms with E-state index in [1.165, 1.54) is 6.07 Å². The summed E-state index contributed by atoms with van der Waals surface area (Å²) in [6.07, 6.45) is 0.514. The molecular weight excluding hydrogens is 584 g/mol. The lowest BCUT2D eigenvalue weighted by molar-refractivity contribution is -0.141. The van der Waals surface area contributed by atoms with Crippen LogP contribution in [0.1, 0.15) is 102 Å². The third-order valence-corrected chi connectivity index (χ3v) is 9.85. The number of benzene rings is 1. The summed E-state index contributed by atoms with van der Waals surface area (Å²) in [5, 5.41) is 0. The molecule has 2 aliphatic heterocycles. The van der Waals surface area contributed by atoms with E-state index in [0.29, 0.717) is 37.7 Å². The topological polar surface area (TPSA) is 99.3 Å². The Labute approximate surface area is 263 Å². The minimum Gasteiger partial charge on any atom is -0.399 e. The molecule has 2 aromatic rings. The predicted octanol–water partition coefficient (Wildman–Crippen LogP) is 5.49. The molecule has 12 heteroatoms. The Kier molecular flexibility index (Phi) is 8.31. The number of alkyl halides is 3. The molecular formula is C33H42BF3N4O4. The average molecular weight is 627 g/mol. The fourth-order valence-electron chi connectivity index (χ4n) is 6.08. The van der Waals surface area contributed by atoms with Crippen LogP contribution in [0.15, 0.2) is 35.3 Å². The largest absolute Gasteiger partial charge is 0.494 e.